The number of fused-ring (bicyclic) bond motifs is 1. The fourth-order valence-corrected chi connectivity index (χ4v) is 6.76. The Kier molecular flexibility index (Phi) is 9.32. The summed E-state index contributed by atoms with van der Waals surface area (Å²) in [6, 6.07) is 9.84. The van der Waals surface area contributed by atoms with Gasteiger partial charge in [-0.2, -0.15) is 26.3 Å². The van der Waals surface area contributed by atoms with Crippen LogP contribution in [0.3, 0.4) is 0 Å². The van der Waals surface area contributed by atoms with Gasteiger partial charge < -0.3 is 20.5 Å². The van der Waals surface area contributed by atoms with E-state index < -0.39 is 53.6 Å². The standard InChI is InChI=1S/C32H27F7N2O4S/c1-45-25-10-5-17(16-3-2-4-20(42)11-16)12-22(25)30(44)41-29-21-8-6-18(31(34,35)36)13-26(21)46-27(29)15-28(43)40-19-7-9-24(33)23(14-19)32(37,38)39/h5-10,12-14,16,20,42H,2-4,11,15H2,1H3,(H,40,43)(H,41,44). The maximum absolute atomic E-state index is 13.7. The molecule has 14 heteroatoms. The molecule has 0 aliphatic heterocycles. The molecule has 6 nitrogen and oxygen atoms in total. The smallest absolute Gasteiger partial charge is 0.419 e. The van der Waals surface area contributed by atoms with E-state index in [9.17, 15) is 45.4 Å². The number of ether oxygens (including phenoxy) is 1. The maximum atomic E-state index is 13.7. The molecular weight excluding hydrogens is 641 g/mol. The van der Waals surface area contributed by atoms with Gasteiger partial charge in [0.25, 0.3) is 5.91 Å². The third kappa shape index (κ3) is 7.28. The van der Waals surface area contributed by atoms with Crippen LogP contribution < -0.4 is 15.4 Å². The first-order valence-corrected chi connectivity index (χ1v) is 14.9. The van der Waals surface area contributed by atoms with Crippen molar-refractivity contribution in [2.24, 2.45) is 0 Å². The van der Waals surface area contributed by atoms with Crippen LogP contribution >= 0.6 is 11.3 Å². The van der Waals surface area contributed by atoms with E-state index in [2.05, 4.69) is 10.6 Å². The lowest BCUT2D eigenvalue weighted by Gasteiger charge is -2.26. The van der Waals surface area contributed by atoms with E-state index in [0.717, 1.165) is 47.9 Å². The number of thiophene rings is 1. The van der Waals surface area contributed by atoms with E-state index in [1.807, 2.05) is 0 Å². The molecule has 1 aliphatic rings. The molecule has 5 rings (SSSR count). The summed E-state index contributed by atoms with van der Waals surface area (Å²) in [6.07, 6.45) is -7.88. The minimum atomic E-state index is -5.01. The molecule has 3 N–H and O–H groups in total. The zero-order valence-electron chi connectivity index (χ0n) is 24.1. The van der Waals surface area contributed by atoms with Gasteiger partial charge >= 0.3 is 12.4 Å². The van der Waals surface area contributed by atoms with Crippen molar-refractivity contribution in [3.8, 4) is 5.75 Å². The van der Waals surface area contributed by atoms with Crippen LogP contribution in [0, 0.1) is 5.82 Å². The third-order valence-corrected chi connectivity index (χ3v) is 8.94. The molecule has 0 radical (unpaired) electrons. The lowest BCUT2D eigenvalue weighted by molar-refractivity contribution is -0.140. The molecular formula is C32H27F7N2O4S. The summed E-state index contributed by atoms with van der Waals surface area (Å²) in [5.41, 5.74) is -1.92. The summed E-state index contributed by atoms with van der Waals surface area (Å²) >= 11 is 0.802. The van der Waals surface area contributed by atoms with Gasteiger partial charge in [0, 0.05) is 20.7 Å². The molecule has 244 valence electrons. The van der Waals surface area contributed by atoms with Gasteiger partial charge in [0.15, 0.2) is 0 Å². The van der Waals surface area contributed by atoms with E-state index in [0.29, 0.717) is 25.0 Å². The average Bonchev–Trinajstić information content (AvgIpc) is 3.32. The highest BCUT2D eigenvalue weighted by Gasteiger charge is 2.35. The van der Waals surface area contributed by atoms with Gasteiger partial charge in [-0.1, -0.05) is 18.6 Å². The number of hydrogen-bond acceptors (Lipinski definition) is 5. The van der Waals surface area contributed by atoms with Crippen LogP contribution in [0.2, 0.25) is 0 Å². The second kappa shape index (κ2) is 12.9. The van der Waals surface area contributed by atoms with E-state index in [-0.39, 0.29) is 43.6 Å². The van der Waals surface area contributed by atoms with Crippen molar-refractivity contribution < 1.29 is 50.2 Å². The molecule has 0 saturated heterocycles. The normalized spacial score (nSPS) is 17.2. The van der Waals surface area contributed by atoms with Gasteiger partial charge in [-0.3, -0.25) is 9.59 Å². The highest BCUT2D eigenvalue weighted by molar-refractivity contribution is 7.20. The quantitative estimate of drug-likeness (QED) is 0.172. The van der Waals surface area contributed by atoms with E-state index >= 15 is 0 Å². The van der Waals surface area contributed by atoms with Crippen LogP contribution in [0.4, 0.5) is 42.1 Å². The number of methoxy groups -OCH3 is 1. The van der Waals surface area contributed by atoms with Crippen molar-refractivity contribution in [1.82, 2.24) is 0 Å². The Morgan fingerprint density at radius 1 is 0.957 bits per heavy atom. The molecule has 1 aromatic heterocycles. The zero-order chi connectivity index (χ0) is 33.4. The van der Waals surface area contributed by atoms with Crippen molar-refractivity contribution in [2.75, 3.05) is 17.7 Å². The molecule has 2 unspecified atom stereocenters. The number of benzene rings is 3. The van der Waals surface area contributed by atoms with Gasteiger partial charge in [-0.25, -0.2) is 4.39 Å². The van der Waals surface area contributed by atoms with Crippen molar-refractivity contribution in [2.45, 2.75) is 56.5 Å². The number of nitrogens with one attached hydrogen (secondary N) is 2. The Labute approximate surface area is 262 Å². The molecule has 0 spiro atoms. The fraction of sp³-hybridized carbons (Fsp3) is 0.312. The van der Waals surface area contributed by atoms with Crippen LogP contribution in [-0.4, -0.2) is 30.1 Å². The number of halogens is 7. The van der Waals surface area contributed by atoms with Gasteiger partial charge in [-0.15, -0.1) is 11.3 Å². The highest BCUT2D eigenvalue weighted by atomic mass is 32.1. The van der Waals surface area contributed by atoms with Crippen LogP contribution in [0.25, 0.3) is 10.1 Å². The van der Waals surface area contributed by atoms with Crippen molar-refractivity contribution >= 4 is 44.6 Å². The SMILES string of the molecule is COc1ccc(C2CCCC(O)C2)cc1C(=O)Nc1c(CC(=O)Nc2ccc(F)c(C(F)(F)F)c2)sc2cc(C(F)(F)F)ccc12. The monoisotopic (exact) mass is 668 g/mol. The number of aliphatic hydroxyl groups is 1. The molecule has 1 fully saturated rings. The van der Waals surface area contributed by atoms with E-state index in [1.54, 1.807) is 18.2 Å². The first kappa shape index (κ1) is 33.2. The van der Waals surface area contributed by atoms with Gasteiger partial charge in [0.2, 0.25) is 5.91 Å². The fourth-order valence-electron chi connectivity index (χ4n) is 5.56. The maximum Gasteiger partial charge on any atom is 0.419 e. The topological polar surface area (TPSA) is 87.7 Å². The average molecular weight is 669 g/mol. The summed E-state index contributed by atoms with van der Waals surface area (Å²) in [6.45, 7) is 0. The van der Waals surface area contributed by atoms with Crippen LogP contribution in [0.15, 0.2) is 54.6 Å². The minimum absolute atomic E-state index is 0.00689. The molecule has 2 atom stereocenters. The van der Waals surface area contributed by atoms with E-state index in [1.165, 1.54) is 13.2 Å². The predicted octanol–water partition coefficient (Wildman–Crippen LogP) is 8.54. The van der Waals surface area contributed by atoms with Gasteiger partial charge in [0.1, 0.15) is 11.6 Å². The van der Waals surface area contributed by atoms with Crippen molar-refractivity contribution in [1.29, 1.82) is 0 Å². The summed E-state index contributed by atoms with van der Waals surface area (Å²) in [7, 11) is 1.37. The number of hydrogen-bond donors (Lipinski definition) is 3. The third-order valence-electron chi connectivity index (χ3n) is 7.79. The lowest BCUT2D eigenvalue weighted by Crippen LogP contribution is -2.20. The number of carbonyl (C=O) groups is 2. The number of anilines is 2. The Bertz CT molecular complexity index is 1780. The van der Waals surface area contributed by atoms with Crippen LogP contribution in [-0.2, 0) is 23.6 Å². The first-order chi connectivity index (χ1) is 21.6. The van der Waals surface area contributed by atoms with Crippen molar-refractivity contribution in [3.63, 3.8) is 0 Å². The Morgan fingerprint density at radius 2 is 1.72 bits per heavy atom. The molecule has 4 aromatic rings. The number of aliphatic hydroxyl groups excluding tert-OH is 1. The van der Waals surface area contributed by atoms with Gasteiger partial charge in [-0.05, 0) is 73.2 Å². The van der Waals surface area contributed by atoms with Crippen molar-refractivity contribution in [3.05, 3.63) is 87.5 Å². The predicted molar refractivity (Wildman–Crippen MR) is 159 cm³/mol. The lowest BCUT2D eigenvalue weighted by atomic mass is 9.82. The highest BCUT2D eigenvalue weighted by Crippen LogP contribution is 2.41. The Balaban J connectivity index is 1.48. The van der Waals surface area contributed by atoms with Crippen LogP contribution in [0.1, 0.15) is 63.5 Å². The number of rotatable bonds is 7. The first-order valence-electron chi connectivity index (χ1n) is 14.1. The largest absolute Gasteiger partial charge is 0.496 e. The summed E-state index contributed by atoms with van der Waals surface area (Å²) < 4.78 is 99.2. The number of carbonyl (C=O) groups excluding carboxylic acids is 2. The minimum Gasteiger partial charge on any atom is -0.496 e. The Hall–Kier alpha value is -4.17. The zero-order valence-corrected chi connectivity index (χ0v) is 24.9. The molecule has 1 aliphatic carbocycles. The number of amides is 2. The molecule has 46 heavy (non-hydrogen) atoms. The van der Waals surface area contributed by atoms with Crippen LogP contribution in [0.5, 0.6) is 5.75 Å². The molecule has 2 amide bonds. The van der Waals surface area contributed by atoms with Gasteiger partial charge in [0.05, 0.1) is 42.0 Å². The molecule has 1 heterocycles. The molecule has 1 saturated carbocycles. The number of alkyl halides is 6. The summed E-state index contributed by atoms with van der Waals surface area (Å²) in [5, 5.41) is 15.3. The molecule has 0 bridgehead atoms. The van der Waals surface area contributed by atoms with E-state index in [4.69, 9.17) is 4.74 Å². The Morgan fingerprint density at radius 3 is 2.39 bits per heavy atom. The summed E-state index contributed by atoms with van der Waals surface area (Å²) in [4.78, 5) is 26.8. The summed E-state index contributed by atoms with van der Waals surface area (Å²) in [5.74, 6) is -2.85. The molecule has 3 aromatic carbocycles. The second-order valence-electron chi connectivity index (χ2n) is 11.0. The second-order valence-corrected chi connectivity index (χ2v) is 12.1.